The standard InChI is InChI=1S/C13H21N3O2S2/c1-4-15-8-10(7-14(2)3)16-9-12(15)11-5-6-19-13(11)20(16,17)18/h5-6,10,12H,4,7-9H2,1-3H3. The molecule has 2 bridgehead atoms. The van der Waals surface area contributed by atoms with Crippen LogP contribution in [-0.4, -0.2) is 68.8 Å². The molecule has 3 heterocycles. The highest BCUT2D eigenvalue weighted by molar-refractivity contribution is 7.91. The molecule has 0 saturated carbocycles. The van der Waals surface area contributed by atoms with E-state index in [4.69, 9.17) is 0 Å². The van der Waals surface area contributed by atoms with Crippen LogP contribution in [-0.2, 0) is 10.0 Å². The van der Waals surface area contributed by atoms with Crippen molar-refractivity contribution in [3.05, 3.63) is 17.0 Å². The minimum atomic E-state index is -3.30. The molecule has 112 valence electrons. The minimum absolute atomic E-state index is 0.0430. The Morgan fingerprint density at radius 3 is 2.80 bits per heavy atom. The van der Waals surface area contributed by atoms with Crippen molar-refractivity contribution < 1.29 is 8.42 Å². The third-order valence-electron chi connectivity index (χ3n) is 4.19. The highest BCUT2D eigenvalue weighted by atomic mass is 32.2. The number of hydrogen-bond donors (Lipinski definition) is 0. The smallest absolute Gasteiger partial charge is 0.253 e. The van der Waals surface area contributed by atoms with Gasteiger partial charge in [-0.05, 0) is 32.1 Å². The number of nitrogens with zero attached hydrogens (tertiary/aromatic N) is 3. The van der Waals surface area contributed by atoms with Crippen LogP contribution in [0.15, 0.2) is 15.7 Å². The quantitative estimate of drug-likeness (QED) is 0.837. The minimum Gasteiger partial charge on any atom is -0.308 e. The normalized spacial score (nSPS) is 32.3. The summed E-state index contributed by atoms with van der Waals surface area (Å²) in [6, 6.07) is 2.25. The number of piperazine rings is 1. The maximum Gasteiger partial charge on any atom is 0.253 e. The summed E-state index contributed by atoms with van der Waals surface area (Å²) in [5, 5.41) is 1.90. The van der Waals surface area contributed by atoms with Crippen molar-refractivity contribution in [2.24, 2.45) is 0 Å². The van der Waals surface area contributed by atoms with Crippen LogP contribution in [0.25, 0.3) is 0 Å². The number of sulfonamides is 1. The Labute approximate surface area is 124 Å². The summed E-state index contributed by atoms with van der Waals surface area (Å²) in [6.45, 7) is 5.28. The van der Waals surface area contributed by atoms with Crippen LogP contribution in [0, 0.1) is 0 Å². The molecule has 2 aliphatic heterocycles. The lowest BCUT2D eigenvalue weighted by Gasteiger charge is -2.48. The SMILES string of the molecule is CCN1CC(CN(C)C)N2CC1c1ccsc1S2(=O)=O. The molecule has 0 amide bonds. The highest BCUT2D eigenvalue weighted by Gasteiger charge is 2.47. The predicted molar refractivity (Wildman–Crippen MR) is 80.5 cm³/mol. The topological polar surface area (TPSA) is 43.9 Å². The lowest BCUT2D eigenvalue weighted by atomic mass is 10.0. The molecule has 5 nitrogen and oxygen atoms in total. The Morgan fingerprint density at radius 2 is 2.15 bits per heavy atom. The van der Waals surface area contributed by atoms with Crippen molar-refractivity contribution in [2.75, 3.05) is 40.3 Å². The van der Waals surface area contributed by atoms with Crippen molar-refractivity contribution in [1.29, 1.82) is 0 Å². The zero-order valence-corrected chi connectivity index (χ0v) is 13.7. The molecule has 20 heavy (non-hydrogen) atoms. The van der Waals surface area contributed by atoms with E-state index >= 15 is 0 Å². The zero-order chi connectivity index (χ0) is 14.5. The van der Waals surface area contributed by atoms with Gasteiger partial charge in [0.05, 0.1) is 12.1 Å². The molecule has 1 aromatic rings. The number of hydrogen-bond acceptors (Lipinski definition) is 5. The Morgan fingerprint density at radius 1 is 1.40 bits per heavy atom. The van der Waals surface area contributed by atoms with Crippen molar-refractivity contribution >= 4 is 21.4 Å². The molecule has 1 fully saturated rings. The van der Waals surface area contributed by atoms with E-state index in [1.165, 1.54) is 11.3 Å². The monoisotopic (exact) mass is 315 g/mol. The lowest BCUT2D eigenvalue weighted by molar-refractivity contribution is 0.0626. The molecule has 0 aromatic carbocycles. The van der Waals surface area contributed by atoms with Gasteiger partial charge in [0.15, 0.2) is 0 Å². The number of rotatable bonds is 3. The molecular formula is C13H21N3O2S2. The largest absolute Gasteiger partial charge is 0.308 e. The van der Waals surface area contributed by atoms with Crippen molar-refractivity contribution in [3.8, 4) is 0 Å². The first-order valence-electron chi connectivity index (χ1n) is 6.93. The molecule has 3 rings (SSSR count). The van der Waals surface area contributed by atoms with Crippen LogP contribution >= 0.6 is 11.3 Å². The molecule has 0 aliphatic carbocycles. The lowest BCUT2D eigenvalue weighted by Crippen LogP contribution is -2.60. The molecule has 7 heteroatoms. The molecule has 3 atom stereocenters. The first kappa shape index (κ1) is 14.5. The van der Waals surface area contributed by atoms with Crippen LogP contribution in [0.1, 0.15) is 18.5 Å². The van der Waals surface area contributed by atoms with Gasteiger partial charge in [0, 0.05) is 25.2 Å². The maximum absolute atomic E-state index is 12.8. The van der Waals surface area contributed by atoms with E-state index in [1.54, 1.807) is 4.31 Å². The summed E-state index contributed by atoms with van der Waals surface area (Å²) in [6.07, 6.45) is 0. The van der Waals surface area contributed by atoms with Gasteiger partial charge in [0.2, 0.25) is 0 Å². The van der Waals surface area contributed by atoms with Gasteiger partial charge in [-0.3, -0.25) is 4.90 Å². The van der Waals surface area contributed by atoms with E-state index < -0.39 is 10.0 Å². The second kappa shape index (κ2) is 5.06. The Kier molecular flexibility index (Phi) is 3.66. The number of fused-ring (bicyclic) bond motifs is 4. The second-order valence-electron chi connectivity index (χ2n) is 5.76. The molecule has 1 saturated heterocycles. The summed E-state index contributed by atoms with van der Waals surface area (Å²) in [5.41, 5.74) is 0.997. The molecule has 1 aromatic heterocycles. The van der Waals surface area contributed by atoms with Crippen molar-refractivity contribution in [2.45, 2.75) is 23.2 Å². The average molecular weight is 315 g/mol. The Balaban J connectivity index is 2.05. The molecular weight excluding hydrogens is 294 g/mol. The average Bonchev–Trinajstić information content (AvgIpc) is 2.86. The summed E-state index contributed by atoms with van der Waals surface area (Å²) in [4.78, 5) is 4.48. The van der Waals surface area contributed by atoms with Crippen LogP contribution in [0.5, 0.6) is 0 Å². The first-order chi connectivity index (χ1) is 9.45. The van der Waals surface area contributed by atoms with Gasteiger partial charge in [-0.1, -0.05) is 6.92 Å². The van der Waals surface area contributed by atoms with Gasteiger partial charge in [-0.25, -0.2) is 8.42 Å². The second-order valence-corrected chi connectivity index (χ2v) is 8.76. The maximum atomic E-state index is 12.8. The van der Waals surface area contributed by atoms with Crippen molar-refractivity contribution in [1.82, 2.24) is 14.1 Å². The summed E-state index contributed by atoms with van der Waals surface area (Å²) in [7, 11) is 0.692. The third kappa shape index (κ3) is 2.12. The van der Waals surface area contributed by atoms with Gasteiger partial charge in [-0.2, -0.15) is 4.31 Å². The molecule has 0 spiro atoms. The van der Waals surface area contributed by atoms with Crippen LogP contribution in [0.3, 0.4) is 0 Å². The van der Waals surface area contributed by atoms with Gasteiger partial charge in [0.25, 0.3) is 10.0 Å². The number of thiophene rings is 1. The molecule has 0 radical (unpaired) electrons. The zero-order valence-electron chi connectivity index (χ0n) is 12.1. The fourth-order valence-electron chi connectivity index (χ4n) is 3.30. The first-order valence-corrected chi connectivity index (χ1v) is 9.25. The van der Waals surface area contributed by atoms with Crippen molar-refractivity contribution in [3.63, 3.8) is 0 Å². The summed E-state index contributed by atoms with van der Waals surface area (Å²) < 4.78 is 27.8. The summed E-state index contributed by atoms with van der Waals surface area (Å²) in [5.74, 6) is 0. The van der Waals surface area contributed by atoms with Crippen LogP contribution in [0.4, 0.5) is 0 Å². The molecule has 2 aliphatic rings. The van der Waals surface area contributed by atoms with E-state index in [1.807, 2.05) is 25.5 Å². The van der Waals surface area contributed by atoms with E-state index in [0.29, 0.717) is 10.8 Å². The summed E-state index contributed by atoms with van der Waals surface area (Å²) >= 11 is 1.35. The van der Waals surface area contributed by atoms with E-state index in [-0.39, 0.29) is 12.1 Å². The van der Waals surface area contributed by atoms with Gasteiger partial charge < -0.3 is 4.90 Å². The highest BCUT2D eigenvalue weighted by Crippen LogP contribution is 2.42. The van der Waals surface area contributed by atoms with Crippen LogP contribution in [0.2, 0.25) is 0 Å². The Hall–Kier alpha value is -0.470. The van der Waals surface area contributed by atoms with E-state index in [9.17, 15) is 8.42 Å². The third-order valence-corrected chi connectivity index (χ3v) is 7.60. The van der Waals surface area contributed by atoms with Gasteiger partial charge >= 0.3 is 0 Å². The number of likely N-dealkylation sites (N-methyl/N-ethyl adjacent to an activating group) is 2. The van der Waals surface area contributed by atoms with E-state index in [0.717, 1.165) is 25.2 Å². The van der Waals surface area contributed by atoms with Gasteiger partial charge in [-0.15, -0.1) is 11.3 Å². The van der Waals surface area contributed by atoms with Gasteiger partial charge in [0.1, 0.15) is 4.21 Å². The molecule has 0 N–H and O–H groups in total. The predicted octanol–water partition coefficient (Wildman–Crippen LogP) is 1.06. The van der Waals surface area contributed by atoms with E-state index in [2.05, 4.69) is 16.7 Å². The Bertz CT molecular complexity index is 597. The van der Waals surface area contributed by atoms with Crippen LogP contribution < -0.4 is 0 Å². The molecule has 3 unspecified atom stereocenters. The fourth-order valence-corrected chi connectivity index (χ4v) is 6.50. The fraction of sp³-hybridized carbons (Fsp3) is 0.692.